The van der Waals surface area contributed by atoms with Crippen LogP contribution in [0.4, 0.5) is 5.69 Å². The first kappa shape index (κ1) is 23.1. The van der Waals surface area contributed by atoms with Crippen molar-refractivity contribution in [3.05, 3.63) is 75.8 Å². The highest BCUT2D eigenvalue weighted by Gasteiger charge is 2.29. The van der Waals surface area contributed by atoms with E-state index in [-0.39, 0.29) is 36.4 Å². The van der Waals surface area contributed by atoms with Gasteiger partial charge in [0.05, 0.1) is 11.3 Å². The molecule has 1 atom stereocenters. The Labute approximate surface area is 177 Å². The van der Waals surface area contributed by atoms with E-state index in [0.29, 0.717) is 18.5 Å². The molecule has 1 unspecified atom stereocenters. The topological polar surface area (TPSA) is 92.6 Å². The van der Waals surface area contributed by atoms with Crippen LogP contribution in [0, 0.1) is 16.0 Å². The van der Waals surface area contributed by atoms with Gasteiger partial charge in [-0.05, 0) is 17.9 Å². The van der Waals surface area contributed by atoms with Crippen LogP contribution >= 0.6 is 0 Å². The quantitative estimate of drug-likeness (QED) is 0.476. The Bertz CT molecular complexity index is 868. The summed E-state index contributed by atoms with van der Waals surface area (Å²) in [6.45, 7) is 6.64. The van der Waals surface area contributed by atoms with Crippen LogP contribution in [0.15, 0.2) is 54.6 Å². The van der Waals surface area contributed by atoms with Crippen LogP contribution in [0.25, 0.3) is 0 Å². The smallest absolute Gasteiger partial charge is 0.273 e. The molecule has 7 nitrogen and oxygen atoms in total. The van der Waals surface area contributed by atoms with Crippen LogP contribution in [-0.4, -0.2) is 34.2 Å². The number of nitrogens with one attached hydrogen (secondary N) is 1. The number of nitro benzene ring substituents is 1. The van der Waals surface area contributed by atoms with Crippen LogP contribution in [0.2, 0.25) is 0 Å². The summed E-state index contributed by atoms with van der Waals surface area (Å²) in [5.41, 5.74) is 1.13. The highest BCUT2D eigenvalue weighted by Crippen LogP contribution is 2.21. The van der Waals surface area contributed by atoms with Crippen molar-refractivity contribution in [1.82, 2.24) is 10.2 Å². The molecule has 0 aromatic heterocycles. The second-order valence-electron chi connectivity index (χ2n) is 7.63. The Morgan fingerprint density at radius 3 is 2.30 bits per heavy atom. The molecule has 0 aliphatic carbocycles. The molecule has 7 heteroatoms. The molecule has 0 aliphatic rings. The van der Waals surface area contributed by atoms with E-state index >= 15 is 0 Å². The minimum atomic E-state index is -0.653. The number of hydrogen-bond donors (Lipinski definition) is 1. The van der Waals surface area contributed by atoms with E-state index in [1.165, 1.54) is 11.0 Å². The number of hydrogen-bond acceptors (Lipinski definition) is 4. The predicted octanol–water partition coefficient (Wildman–Crippen LogP) is 3.72. The molecule has 0 heterocycles. The molecule has 0 aliphatic heterocycles. The standard InChI is InChI=1S/C23H29N3O4/c1-4-20(23(28)24-15-17(2)3)25(16-18-10-6-5-7-11-18)22(27)14-19-12-8-9-13-21(19)26(29)30/h5-13,17,20H,4,14-16H2,1-3H3,(H,24,28). The van der Waals surface area contributed by atoms with E-state index in [2.05, 4.69) is 5.32 Å². The Balaban J connectivity index is 2.31. The monoisotopic (exact) mass is 411 g/mol. The first-order valence-electron chi connectivity index (χ1n) is 10.2. The number of nitrogens with zero attached hydrogens (tertiary/aromatic N) is 2. The molecular weight excluding hydrogens is 382 g/mol. The molecule has 0 saturated heterocycles. The lowest BCUT2D eigenvalue weighted by Gasteiger charge is -2.31. The SMILES string of the molecule is CCC(C(=O)NCC(C)C)N(Cc1ccccc1)C(=O)Cc1ccccc1[N+](=O)[O-]. The molecule has 0 radical (unpaired) electrons. The number of rotatable bonds is 10. The van der Waals surface area contributed by atoms with Gasteiger partial charge in [-0.2, -0.15) is 0 Å². The zero-order chi connectivity index (χ0) is 22.1. The van der Waals surface area contributed by atoms with Crippen LogP contribution in [-0.2, 0) is 22.6 Å². The summed E-state index contributed by atoms with van der Waals surface area (Å²) in [7, 11) is 0. The normalized spacial score (nSPS) is 11.7. The van der Waals surface area contributed by atoms with E-state index in [9.17, 15) is 19.7 Å². The van der Waals surface area contributed by atoms with E-state index < -0.39 is 11.0 Å². The fraction of sp³-hybridized carbons (Fsp3) is 0.391. The van der Waals surface area contributed by atoms with Crippen LogP contribution in [0.1, 0.15) is 38.3 Å². The summed E-state index contributed by atoms with van der Waals surface area (Å²) in [5, 5.41) is 14.2. The molecule has 0 bridgehead atoms. The van der Waals surface area contributed by atoms with Gasteiger partial charge in [-0.15, -0.1) is 0 Å². The van der Waals surface area contributed by atoms with Gasteiger partial charge in [0.1, 0.15) is 6.04 Å². The van der Waals surface area contributed by atoms with E-state index in [4.69, 9.17) is 0 Å². The minimum Gasteiger partial charge on any atom is -0.354 e. The van der Waals surface area contributed by atoms with Gasteiger partial charge in [-0.25, -0.2) is 0 Å². The zero-order valence-corrected chi connectivity index (χ0v) is 17.7. The van der Waals surface area contributed by atoms with Gasteiger partial charge in [-0.3, -0.25) is 19.7 Å². The summed E-state index contributed by atoms with van der Waals surface area (Å²) < 4.78 is 0. The van der Waals surface area contributed by atoms with Crippen LogP contribution in [0.3, 0.4) is 0 Å². The average molecular weight is 412 g/mol. The molecule has 1 N–H and O–H groups in total. The maximum atomic E-state index is 13.3. The summed E-state index contributed by atoms with van der Waals surface area (Å²) in [4.78, 5) is 38.5. The molecule has 0 spiro atoms. The van der Waals surface area contributed by atoms with Gasteiger partial charge < -0.3 is 10.2 Å². The molecule has 2 aromatic rings. The maximum absolute atomic E-state index is 13.3. The Morgan fingerprint density at radius 2 is 1.70 bits per heavy atom. The first-order chi connectivity index (χ1) is 14.3. The number of carbonyl (C=O) groups excluding carboxylic acids is 2. The molecule has 2 rings (SSSR count). The molecule has 30 heavy (non-hydrogen) atoms. The number of carbonyl (C=O) groups is 2. The van der Waals surface area contributed by atoms with Gasteiger partial charge in [0, 0.05) is 24.7 Å². The third-order valence-electron chi connectivity index (χ3n) is 4.80. The Kier molecular flexibility index (Phi) is 8.53. The molecule has 0 fully saturated rings. The van der Waals surface area contributed by atoms with Crippen molar-refractivity contribution >= 4 is 17.5 Å². The number of nitro groups is 1. The van der Waals surface area contributed by atoms with Crippen molar-refractivity contribution < 1.29 is 14.5 Å². The Morgan fingerprint density at radius 1 is 1.07 bits per heavy atom. The second kappa shape index (κ2) is 11.1. The Hall–Kier alpha value is -3.22. The number of para-hydroxylation sites is 1. The average Bonchev–Trinajstić information content (AvgIpc) is 2.73. The highest BCUT2D eigenvalue weighted by atomic mass is 16.6. The van der Waals surface area contributed by atoms with Gasteiger partial charge in [0.2, 0.25) is 11.8 Å². The lowest BCUT2D eigenvalue weighted by molar-refractivity contribution is -0.385. The lowest BCUT2D eigenvalue weighted by Crippen LogP contribution is -2.50. The summed E-state index contributed by atoms with van der Waals surface area (Å²) in [6, 6.07) is 15.0. The third kappa shape index (κ3) is 6.40. The van der Waals surface area contributed by atoms with Gasteiger partial charge in [0.25, 0.3) is 5.69 Å². The van der Waals surface area contributed by atoms with E-state index in [0.717, 1.165) is 5.56 Å². The summed E-state index contributed by atoms with van der Waals surface area (Å²) >= 11 is 0. The minimum absolute atomic E-state index is 0.0946. The number of benzene rings is 2. The van der Waals surface area contributed by atoms with E-state index in [1.54, 1.807) is 18.2 Å². The van der Waals surface area contributed by atoms with Gasteiger partial charge in [0.15, 0.2) is 0 Å². The summed E-state index contributed by atoms with van der Waals surface area (Å²) in [6.07, 6.45) is 0.303. The van der Waals surface area contributed by atoms with Crippen molar-refractivity contribution in [2.75, 3.05) is 6.54 Å². The van der Waals surface area contributed by atoms with E-state index in [1.807, 2.05) is 51.1 Å². The summed E-state index contributed by atoms with van der Waals surface area (Å²) in [5.74, 6) is -0.241. The molecule has 0 saturated carbocycles. The van der Waals surface area contributed by atoms with Crippen LogP contribution in [0.5, 0.6) is 0 Å². The molecular formula is C23H29N3O4. The van der Waals surface area contributed by atoms with Crippen molar-refractivity contribution in [1.29, 1.82) is 0 Å². The fourth-order valence-corrected chi connectivity index (χ4v) is 3.23. The van der Waals surface area contributed by atoms with Crippen LogP contribution < -0.4 is 5.32 Å². The zero-order valence-electron chi connectivity index (χ0n) is 17.7. The van der Waals surface area contributed by atoms with Crippen molar-refractivity contribution in [2.24, 2.45) is 5.92 Å². The van der Waals surface area contributed by atoms with Crippen molar-refractivity contribution in [3.63, 3.8) is 0 Å². The lowest BCUT2D eigenvalue weighted by atomic mass is 10.1. The fourth-order valence-electron chi connectivity index (χ4n) is 3.23. The highest BCUT2D eigenvalue weighted by molar-refractivity contribution is 5.88. The molecule has 2 amide bonds. The van der Waals surface area contributed by atoms with Gasteiger partial charge >= 0.3 is 0 Å². The van der Waals surface area contributed by atoms with Crippen molar-refractivity contribution in [3.8, 4) is 0 Å². The first-order valence-corrected chi connectivity index (χ1v) is 10.2. The number of amides is 2. The third-order valence-corrected chi connectivity index (χ3v) is 4.80. The largest absolute Gasteiger partial charge is 0.354 e. The molecule has 160 valence electrons. The second-order valence-corrected chi connectivity index (χ2v) is 7.63. The maximum Gasteiger partial charge on any atom is 0.273 e. The molecule has 2 aromatic carbocycles. The predicted molar refractivity (Wildman–Crippen MR) is 116 cm³/mol. The van der Waals surface area contributed by atoms with Crippen molar-refractivity contribution in [2.45, 2.75) is 46.2 Å². The van der Waals surface area contributed by atoms with Gasteiger partial charge in [-0.1, -0.05) is 69.3 Å².